The molecule has 9 aromatic heterocycles. The number of halogens is 13. The molecule has 0 atom stereocenters. The Labute approximate surface area is 571 Å². The number of rotatable bonds is 15. The number of carbonyl (C=O) groups is 3. The molecule has 0 radical (unpaired) electrons. The first-order valence-electron chi connectivity index (χ1n) is 27.5. The van der Waals surface area contributed by atoms with Crippen molar-refractivity contribution in [1.29, 1.82) is 0 Å². The molecule has 0 aliphatic carbocycles. The summed E-state index contributed by atoms with van der Waals surface area (Å²) in [6, 6.07) is 18.1. The van der Waals surface area contributed by atoms with Crippen molar-refractivity contribution in [3.8, 4) is 0 Å². The number of sulfonamides is 3. The van der Waals surface area contributed by atoms with Gasteiger partial charge in [-0.05, 0) is 128 Å². The third-order valence-electron chi connectivity index (χ3n) is 13.9. The van der Waals surface area contributed by atoms with Gasteiger partial charge in [-0.3, -0.25) is 38.5 Å². The van der Waals surface area contributed by atoms with Crippen LogP contribution in [-0.2, 0) is 48.6 Å². The molecule has 12 aromatic rings. The number of H-pyrrole nitrogens is 3. The van der Waals surface area contributed by atoms with Gasteiger partial charge in [-0.1, -0.05) is 46.4 Å². The molecule has 12 rings (SSSR count). The maximum atomic E-state index is 13.2. The van der Waals surface area contributed by atoms with Gasteiger partial charge < -0.3 is 15.0 Å². The molecule has 0 aliphatic heterocycles. The van der Waals surface area contributed by atoms with E-state index in [2.05, 4.69) is 64.0 Å². The molecule has 0 saturated carbocycles. The van der Waals surface area contributed by atoms with Gasteiger partial charge >= 0.3 is 18.5 Å². The first kappa shape index (κ1) is 71.7. The van der Waals surface area contributed by atoms with Gasteiger partial charge in [0.15, 0.2) is 0 Å². The van der Waals surface area contributed by atoms with E-state index in [0.29, 0.717) is 62.4 Å². The topological polar surface area (TPSA) is 327 Å². The molecular weight excluding hydrogens is 1470 g/mol. The highest BCUT2D eigenvalue weighted by Gasteiger charge is 2.38. The van der Waals surface area contributed by atoms with E-state index in [1.54, 1.807) is 50.6 Å². The van der Waals surface area contributed by atoms with Crippen molar-refractivity contribution >= 4 is 144 Å². The maximum Gasteiger partial charge on any atom is 0.417 e. The number of nitrogens with one attached hydrogen (secondary N) is 6. The number of nitrogens with zero attached hydrogens (tertiary/aromatic N) is 7. The Kier molecular flexibility index (Phi) is 20.0. The third-order valence-corrected chi connectivity index (χ3v) is 19.2. The SMILES string of the molecule is Cc1cnc(C(=O)c2ccnc3[nH]ccc23)c(NS(=O)(=O)c2ccc(Cl)c(C(F)(F)F)c2)c1.Cc1cnc(C(=O)c2ncnc3[nH]ccc23)c(NS(=O)(=O)c2ccc(Cl)c(C(F)(F)F)c2)c1.O=C(c1ncc(Cl)cc1NS(=O)(=O)c1ccc(Cl)c(C(F)(F)F)c1)c1ccnc2[nH]ccc12. The second-order valence-electron chi connectivity index (χ2n) is 20.7. The number of alkyl halides is 9. The molecule has 0 saturated heterocycles. The molecule has 510 valence electrons. The number of aromatic amines is 3. The molecule has 0 aliphatic rings. The van der Waals surface area contributed by atoms with Crippen molar-refractivity contribution in [2.75, 3.05) is 14.2 Å². The fraction of sp³-hybridized carbons (Fsp3) is 0.0820. The van der Waals surface area contributed by atoms with Gasteiger partial charge in [0.05, 0.1) is 68.5 Å². The fourth-order valence-corrected chi connectivity index (χ4v) is 13.5. The summed E-state index contributed by atoms with van der Waals surface area (Å²) in [7, 11) is -13.6. The lowest BCUT2D eigenvalue weighted by molar-refractivity contribution is -0.138. The minimum atomic E-state index is -4.87. The minimum Gasteiger partial charge on any atom is -0.346 e. The van der Waals surface area contributed by atoms with Gasteiger partial charge in [0, 0.05) is 76.9 Å². The maximum absolute atomic E-state index is 13.2. The van der Waals surface area contributed by atoms with E-state index in [-0.39, 0.29) is 56.0 Å². The Morgan fingerprint density at radius 1 is 0.394 bits per heavy atom. The smallest absolute Gasteiger partial charge is 0.346 e. The van der Waals surface area contributed by atoms with Gasteiger partial charge in [-0.2, -0.15) is 39.5 Å². The zero-order chi connectivity index (χ0) is 71.9. The van der Waals surface area contributed by atoms with Gasteiger partial charge in [-0.15, -0.1) is 0 Å². The van der Waals surface area contributed by atoms with Gasteiger partial charge in [0.1, 0.15) is 46.0 Å². The van der Waals surface area contributed by atoms with Crippen LogP contribution in [0.15, 0.2) is 174 Å². The van der Waals surface area contributed by atoms with Crippen LogP contribution in [0.5, 0.6) is 0 Å². The van der Waals surface area contributed by atoms with E-state index in [1.807, 2.05) is 0 Å². The van der Waals surface area contributed by atoms with Crippen molar-refractivity contribution in [3.63, 3.8) is 0 Å². The summed E-state index contributed by atoms with van der Waals surface area (Å²) >= 11 is 22.7. The van der Waals surface area contributed by atoms with Crippen LogP contribution in [0.2, 0.25) is 20.1 Å². The fourth-order valence-electron chi connectivity index (χ4n) is 9.37. The molecule has 99 heavy (non-hydrogen) atoms. The number of benzene rings is 3. The average Bonchev–Trinajstić information content (AvgIpc) is 1.56. The molecule has 38 heteroatoms. The van der Waals surface area contributed by atoms with E-state index < -0.39 is 112 Å². The Bertz CT molecular complexity index is 5050. The summed E-state index contributed by atoms with van der Waals surface area (Å²) in [5.41, 5.74) is -2.74. The van der Waals surface area contributed by atoms with Crippen LogP contribution < -0.4 is 14.2 Å². The minimum absolute atomic E-state index is 0.00198. The standard InChI is InChI=1S/C21H14ClF3N4O3S.C20H11Cl2F3N4O3S.C20H13ClF3N5O3S/c1-11-8-17(29-33(31,32)12-2-3-16(22)15(9-12)21(23,24)25)18(28-10-11)19(30)13-4-6-26-20-14(13)5-7-27-20;21-10-7-16(29-33(31,32)11-1-2-15(22)14(8-11)20(23,24)25)17(28-9-10)18(30)12-3-5-26-19-13(12)4-6-27-19;1-10-6-15(29-33(31,32)11-2-3-14(21)13(7-11)20(22,23)24)17(26-8-10)18(30)16-12-4-5-25-19(12)28-9-27-16/h2-10,29H,1H3,(H,26,27);1-9,29H,(H,26,27);2-9,29H,1H3,(H,25,27,28). The van der Waals surface area contributed by atoms with Crippen LogP contribution in [0.3, 0.4) is 0 Å². The number of aromatic nitrogens is 10. The van der Waals surface area contributed by atoms with Crippen molar-refractivity contribution in [1.82, 2.24) is 49.8 Å². The largest absolute Gasteiger partial charge is 0.417 e. The molecule has 6 N–H and O–H groups in total. The van der Waals surface area contributed by atoms with E-state index in [9.17, 15) is 79.2 Å². The molecule has 9 heterocycles. The summed E-state index contributed by atoms with van der Waals surface area (Å²) < 4.78 is 202. The van der Waals surface area contributed by atoms with Crippen LogP contribution in [0.25, 0.3) is 33.1 Å². The number of anilines is 3. The Morgan fingerprint density at radius 3 is 1.12 bits per heavy atom. The highest BCUT2D eigenvalue weighted by molar-refractivity contribution is 7.93. The van der Waals surface area contributed by atoms with Crippen LogP contribution in [0, 0.1) is 13.8 Å². The summed E-state index contributed by atoms with van der Waals surface area (Å²) in [5, 5.41) is -0.567. The lowest BCUT2D eigenvalue weighted by Gasteiger charge is -2.14. The number of aryl methyl sites for hydroxylation is 2. The molecule has 0 spiro atoms. The van der Waals surface area contributed by atoms with E-state index >= 15 is 0 Å². The quantitative estimate of drug-likeness (QED) is 0.0410. The van der Waals surface area contributed by atoms with Crippen molar-refractivity contribution in [2.24, 2.45) is 0 Å². The predicted octanol–water partition coefficient (Wildman–Crippen LogP) is 14.7. The number of ketones is 3. The van der Waals surface area contributed by atoms with Gasteiger partial charge in [0.25, 0.3) is 30.1 Å². The summed E-state index contributed by atoms with van der Waals surface area (Å²) in [6.07, 6.45) is -2.01. The predicted molar refractivity (Wildman–Crippen MR) is 345 cm³/mol. The summed E-state index contributed by atoms with van der Waals surface area (Å²) in [5.74, 6) is -1.94. The molecule has 3 aromatic carbocycles. The highest BCUT2D eigenvalue weighted by Crippen LogP contribution is 2.40. The highest BCUT2D eigenvalue weighted by atomic mass is 35.5. The van der Waals surface area contributed by atoms with Gasteiger partial charge in [0.2, 0.25) is 17.3 Å². The summed E-state index contributed by atoms with van der Waals surface area (Å²) in [6.45, 7) is 3.23. The van der Waals surface area contributed by atoms with Crippen molar-refractivity contribution in [3.05, 3.63) is 241 Å². The monoisotopic (exact) mass is 1500 g/mol. The van der Waals surface area contributed by atoms with Crippen molar-refractivity contribution < 1.29 is 79.2 Å². The molecular formula is C61H38Cl4F9N13O9S3. The first-order valence-corrected chi connectivity index (χ1v) is 33.4. The average molecular weight is 1510 g/mol. The number of fused-ring (bicyclic) bond motifs is 3. The number of hydrogen-bond acceptors (Lipinski definition) is 16. The Balaban J connectivity index is 0.000000161. The van der Waals surface area contributed by atoms with Crippen LogP contribution in [-0.4, -0.2) is 92.4 Å². The number of pyridine rings is 5. The summed E-state index contributed by atoms with van der Waals surface area (Å²) in [4.78, 5) is 74.4. The van der Waals surface area contributed by atoms with Gasteiger partial charge in [-0.25, -0.2) is 50.2 Å². The van der Waals surface area contributed by atoms with E-state index in [0.717, 1.165) is 55.0 Å². The second-order valence-corrected chi connectivity index (χ2v) is 27.5. The normalized spacial score (nSPS) is 12.2. The Hall–Kier alpha value is -10.1. The number of hydrogen-bond donors (Lipinski definition) is 6. The molecule has 0 bridgehead atoms. The Morgan fingerprint density at radius 2 is 0.737 bits per heavy atom. The van der Waals surface area contributed by atoms with Crippen LogP contribution in [0.1, 0.15) is 76.1 Å². The molecule has 0 fully saturated rings. The molecule has 22 nitrogen and oxygen atoms in total. The number of carbonyl (C=O) groups excluding carboxylic acids is 3. The lowest BCUT2D eigenvalue weighted by Crippen LogP contribution is -2.18. The zero-order valence-corrected chi connectivity index (χ0v) is 54.9. The van der Waals surface area contributed by atoms with Crippen LogP contribution >= 0.6 is 46.4 Å². The van der Waals surface area contributed by atoms with E-state index in [1.165, 1.54) is 49.1 Å². The third kappa shape index (κ3) is 15.8. The van der Waals surface area contributed by atoms with Crippen molar-refractivity contribution in [2.45, 2.75) is 47.1 Å². The lowest BCUT2D eigenvalue weighted by atomic mass is 10.0. The zero-order valence-electron chi connectivity index (χ0n) is 49.5. The van der Waals surface area contributed by atoms with E-state index in [4.69, 9.17) is 46.4 Å². The molecule has 0 amide bonds. The first-order chi connectivity index (χ1) is 46.4. The molecule has 0 unspecified atom stereocenters. The van der Waals surface area contributed by atoms with Crippen LogP contribution in [0.4, 0.5) is 56.6 Å². The second kappa shape index (κ2) is 27.7.